The monoisotopic (exact) mass is 144 g/mol. The van der Waals surface area contributed by atoms with Gasteiger partial charge in [0.1, 0.15) is 0 Å². The molecule has 0 N–H and O–H groups in total. The zero-order valence-electron chi connectivity index (χ0n) is 5.00. The van der Waals surface area contributed by atoms with Crippen molar-refractivity contribution in [1.29, 1.82) is 0 Å². The van der Waals surface area contributed by atoms with E-state index in [1.807, 2.05) is 0 Å². The van der Waals surface area contributed by atoms with Gasteiger partial charge in [-0.3, -0.25) is 0 Å². The number of halogens is 4. The van der Waals surface area contributed by atoms with E-state index in [2.05, 4.69) is 0 Å². The van der Waals surface area contributed by atoms with Gasteiger partial charge in [-0.1, -0.05) is 6.92 Å². The summed E-state index contributed by atoms with van der Waals surface area (Å²) in [6.07, 6.45) is -2.70. The van der Waals surface area contributed by atoms with Crippen LogP contribution in [0.25, 0.3) is 0 Å². The molecule has 0 heterocycles. The largest absolute Gasteiger partial charge is 0.306 e. The first-order valence-electron chi connectivity index (χ1n) is 2.62. The minimum Gasteiger partial charge on any atom is -0.244 e. The van der Waals surface area contributed by atoms with E-state index in [9.17, 15) is 17.6 Å². The standard InChI is InChI=1S/C5H8F4/c1-2-4(7)5(8,9)3-6/h4H,2-3H2,1H3/t4-/m0/s1. The number of hydrogen-bond donors (Lipinski definition) is 0. The minimum atomic E-state index is -3.78. The van der Waals surface area contributed by atoms with E-state index in [0.717, 1.165) is 0 Å². The predicted octanol–water partition coefficient (Wildman–Crippen LogP) is 2.34. The minimum absolute atomic E-state index is 0.350. The van der Waals surface area contributed by atoms with Crippen molar-refractivity contribution < 1.29 is 17.6 Å². The van der Waals surface area contributed by atoms with Crippen molar-refractivity contribution in [1.82, 2.24) is 0 Å². The Morgan fingerprint density at radius 2 is 1.89 bits per heavy atom. The molecule has 0 bridgehead atoms. The fourth-order valence-corrected chi connectivity index (χ4v) is 0.382. The smallest absolute Gasteiger partial charge is 0.244 e. The van der Waals surface area contributed by atoms with Crippen LogP contribution in [0, 0.1) is 0 Å². The van der Waals surface area contributed by atoms with Crippen molar-refractivity contribution in [2.24, 2.45) is 0 Å². The summed E-state index contributed by atoms with van der Waals surface area (Å²) in [4.78, 5) is 0. The first-order chi connectivity index (χ1) is 4.04. The third-order valence-corrected chi connectivity index (χ3v) is 0.995. The molecule has 0 saturated heterocycles. The highest BCUT2D eigenvalue weighted by Crippen LogP contribution is 2.23. The quantitative estimate of drug-likeness (QED) is 0.533. The number of alkyl halides is 4. The van der Waals surface area contributed by atoms with Crippen LogP contribution in [0.15, 0.2) is 0 Å². The average molecular weight is 144 g/mol. The topological polar surface area (TPSA) is 0 Å². The molecule has 0 rings (SSSR count). The second kappa shape index (κ2) is 3.03. The van der Waals surface area contributed by atoms with Crippen LogP contribution in [-0.4, -0.2) is 18.8 Å². The molecule has 0 saturated carbocycles. The maximum Gasteiger partial charge on any atom is 0.306 e. The molecule has 0 radical (unpaired) electrons. The van der Waals surface area contributed by atoms with Gasteiger partial charge < -0.3 is 0 Å². The van der Waals surface area contributed by atoms with E-state index in [-0.39, 0.29) is 6.42 Å². The Bertz CT molecular complexity index is 81.0. The summed E-state index contributed by atoms with van der Waals surface area (Å²) in [5.74, 6) is -3.78. The normalized spacial score (nSPS) is 15.7. The zero-order valence-corrected chi connectivity index (χ0v) is 5.00. The van der Waals surface area contributed by atoms with E-state index >= 15 is 0 Å². The fourth-order valence-electron chi connectivity index (χ4n) is 0.382. The molecule has 0 fully saturated rings. The maximum absolute atomic E-state index is 11.9. The van der Waals surface area contributed by atoms with Crippen LogP contribution in [-0.2, 0) is 0 Å². The van der Waals surface area contributed by atoms with E-state index in [1.165, 1.54) is 6.92 Å². The fraction of sp³-hybridized carbons (Fsp3) is 1.00. The molecule has 0 aromatic carbocycles. The summed E-state index contributed by atoms with van der Waals surface area (Å²) >= 11 is 0. The Morgan fingerprint density at radius 1 is 1.44 bits per heavy atom. The van der Waals surface area contributed by atoms with Crippen LogP contribution in [0.2, 0.25) is 0 Å². The molecule has 0 aliphatic carbocycles. The second-order valence-electron chi connectivity index (χ2n) is 1.77. The second-order valence-corrected chi connectivity index (χ2v) is 1.77. The highest BCUT2D eigenvalue weighted by atomic mass is 19.3. The molecule has 0 aromatic heterocycles. The van der Waals surface area contributed by atoms with Crippen LogP contribution < -0.4 is 0 Å². The van der Waals surface area contributed by atoms with Gasteiger partial charge >= 0.3 is 5.92 Å². The SMILES string of the molecule is CC[C@H](F)C(F)(F)CF. The third-order valence-electron chi connectivity index (χ3n) is 0.995. The highest BCUT2D eigenvalue weighted by molar-refractivity contribution is 4.73. The number of rotatable bonds is 3. The van der Waals surface area contributed by atoms with E-state index in [0.29, 0.717) is 0 Å². The Hall–Kier alpha value is -0.280. The molecule has 0 unspecified atom stereocenters. The van der Waals surface area contributed by atoms with Crippen LogP contribution in [0.5, 0.6) is 0 Å². The highest BCUT2D eigenvalue weighted by Gasteiger charge is 2.38. The van der Waals surface area contributed by atoms with Crippen molar-refractivity contribution in [3.05, 3.63) is 0 Å². The first kappa shape index (κ1) is 8.72. The van der Waals surface area contributed by atoms with Crippen molar-refractivity contribution in [2.45, 2.75) is 25.4 Å². The van der Waals surface area contributed by atoms with Gasteiger partial charge in [-0.15, -0.1) is 0 Å². The Kier molecular flexibility index (Phi) is 2.94. The van der Waals surface area contributed by atoms with Crippen molar-refractivity contribution in [2.75, 3.05) is 6.67 Å². The number of hydrogen-bond acceptors (Lipinski definition) is 0. The van der Waals surface area contributed by atoms with Gasteiger partial charge in [-0.2, -0.15) is 0 Å². The lowest BCUT2D eigenvalue weighted by atomic mass is 10.2. The lowest BCUT2D eigenvalue weighted by Gasteiger charge is -2.14. The molecular weight excluding hydrogens is 136 g/mol. The maximum atomic E-state index is 11.9. The van der Waals surface area contributed by atoms with Crippen molar-refractivity contribution >= 4 is 0 Å². The van der Waals surface area contributed by atoms with Crippen LogP contribution in [0.1, 0.15) is 13.3 Å². The van der Waals surface area contributed by atoms with Gasteiger partial charge in [0.2, 0.25) is 0 Å². The molecule has 4 heteroatoms. The Morgan fingerprint density at radius 3 is 2.00 bits per heavy atom. The zero-order chi connectivity index (χ0) is 7.49. The van der Waals surface area contributed by atoms with Crippen LogP contribution >= 0.6 is 0 Å². The van der Waals surface area contributed by atoms with Gasteiger partial charge in [-0.25, -0.2) is 17.6 Å². The lowest BCUT2D eigenvalue weighted by Crippen LogP contribution is -2.31. The molecular formula is C5H8F4. The summed E-state index contributed by atoms with van der Waals surface area (Å²) in [6, 6.07) is 0. The van der Waals surface area contributed by atoms with Crippen LogP contribution in [0.4, 0.5) is 17.6 Å². The summed E-state index contributed by atoms with van der Waals surface area (Å²) in [7, 11) is 0. The first-order valence-corrected chi connectivity index (χ1v) is 2.62. The Labute approximate surface area is 50.9 Å². The van der Waals surface area contributed by atoms with Crippen molar-refractivity contribution in [3.63, 3.8) is 0 Å². The summed E-state index contributed by atoms with van der Waals surface area (Å²) in [5.41, 5.74) is 0. The summed E-state index contributed by atoms with van der Waals surface area (Å²) in [5, 5.41) is 0. The van der Waals surface area contributed by atoms with Gasteiger partial charge in [-0.05, 0) is 6.42 Å². The van der Waals surface area contributed by atoms with Gasteiger partial charge in [0, 0.05) is 0 Å². The lowest BCUT2D eigenvalue weighted by molar-refractivity contribution is -0.0885. The third kappa shape index (κ3) is 2.20. The van der Waals surface area contributed by atoms with Crippen LogP contribution in [0.3, 0.4) is 0 Å². The Balaban J connectivity index is 3.80. The molecule has 0 spiro atoms. The molecule has 1 atom stereocenters. The summed E-state index contributed by atoms with van der Waals surface area (Å²) < 4.78 is 46.7. The molecule has 56 valence electrons. The van der Waals surface area contributed by atoms with E-state index in [4.69, 9.17) is 0 Å². The van der Waals surface area contributed by atoms with E-state index < -0.39 is 18.8 Å². The predicted molar refractivity (Wildman–Crippen MR) is 26.1 cm³/mol. The van der Waals surface area contributed by atoms with Gasteiger partial charge in [0.05, 0.1) is 0 Å². The molecule has 0 nitrogen and oxygen atoms in total. The molecule has 0 amide bonds. The summed E-state index contributed by atoms with van der Waals surface area (Å²) in [6.45, 7) is -0.670. The molecule has 0 aliphatic heterocycles. The molecule has 0 aromatic rings. The molecule has 0 aliphatic rings. The molecule has 9 heavy (non-hydrogen) atoms. The van der Waals surface area contributed by atoms with Crippen molar-refractivity contribution in [3.8, 4) is 0 Å². The van der Waals surface area contributed by atoms with Gasteiger partial charge in [0.25, 0.3) is 0 Å². The van der Waals surface area contributed by atoms with Gasteiger partial charge in [0.15, 0.2) is 12.8 Å². The average Bonchev–Trinajstić information content (AvgIpc) is 1.86. The van der Waals surface area contributed by atoms with E-state index in [1.54, 1.807) is 0 Å².